The zero-order valence-electron chi connectivity index (χ0n) is 16.7. The average Bonchev–Trinajstić information content (AvgIpc) is 2.78. The lowest BCUT2D eigenvalue weighted by Gasteiger charge is -2.25. The Bertz CT molecular complexity index is 981. The fourth-order valence-electron chi connectivity index (χ4n) is 3.10. The summed E-state index contributed by atoms with van der Waals surface area (Å²) in [6.07, 6.45) is 2.73. The number of piperidine rings is 1. The topological polar surface area (TPSA) is 102 Å². The van der Waals surface area contributed by atoms with E-state index in [0.717, 1.165) is 19.3 Å². The van der Waals surface area contributed by atoms with Crippen LogP contribution in [0.15, 0.2) is 53.4 Å². The number of nitrogens with zero attached hydrogens (tertiary/aromatic N) is 1. The van der Waals surface area contributed by atoms with E-state index in [1.54, 1.807) is 31.4 Å². The summed E-state index contributed by atoms with van der Waals surface area (Å²) in [5.74, 6) is -0.537. The van der Waals surface area contributed by atoms with E-state index < -0.39 is 28.5 Å². The van der Waals surface area contributed by atoms with Gasteiger partial charge in [0.25, 0.3) is 5.91 Å². The van der Waals surface area contributed by atoms with Gasteiger partial charge in [-0.25, -0.2) is 13.2 Å². The van der Waals surface area contributed by atoms with Crippen molar-refractivity contribution in [2.75, 3.05) is 32.1 Å². The van der Waals surface area contributed by atoms with Crippen LogP contribution in [0.1, 0.15) is 29.6 Å². The molecular weight excluding hydrogens is 408 g/mol. The molecule has 1 N–H and O–H groups in total. The molecule has 0 atom stereocenters. The predicted molar refractivity (Wildman–Crippen MR) is 111 cm³/mol. The standard InChI is InChI=1S/C21H24N2O6S/c1-28-18-9-7-17(8-10-18)22-20(24)15-29-21(25)16-5-11-19(12-6-16)30(26,27)23-13-3-2-4-14-23/h5-12H,2-4,13-15H2,1H3,(H,22,24). The van der Waals surface area contributed by atoms with Gasteiger partial charge in [0.05, 0.1) is 17.6 Å². The van der Waals surface area contributed by atoms with Crippen molar-refractivity contribution in [2.45, 2.75) is 24.2 Å². The third-order valence-corrected chi connectivity index (χ3v) is 6.66. The molecule has 1 aliphatic heterocycles. The maximum absolute atomic E-state index is 12.6. The Balaban J connectivity index is 1.54. The van der Waals surface area contributed by atoms with Crippen LogP contribution >= 0.6 is 0 Å². The number of methoxy groups -OCH3 is 1. The van der Waals surface area contributed by atoms with E-state index in [-0.39, 0.29) is 10.5 Å². The second-order valence-electron chi connectivity index (χ2n) is 6.84. The van der Waals surface area contributed by atoms with Gasteiger partial charge in [0.1, 0.15) is 5.75 Å². The van der Waals surface area contributed by atoms with E-state index in [9.17, 15) is 18.0 Å². The van der Waals surface area contributed by atoms with Crippen molar-refractivity contribution in [3.05, 3.63) is 54.1 Å². The average molecular weight is 432 g/mol. The van der Waals surface area contributed by atoms with Crippen molar-refractivity contribution in [2.24, 2.45) is 0 Å². The number of carbonyl (C=O) groups excluding carboxylic acids is 2. The number of sulfonamides is 1. The first-order chi connectivity index (χ1) is 14.4. The lowest BCUT2D eigenvalue weighted by molar-refractivity contribution is -0.119. The Kier molecular flexibility index (Phi) is 7.07. The summed E-state index contributed by atoms with van der Waals surface area (Å²) in [6, 6.07) is 12.3. The molecule has 1 amide bonds. The van der Waals surface area contributed by atoms with Gasteiger partial charge in [-0.1, -0.05) is 6.42 Å². The molecule has 0 spiro atoms. The van der Waals surface area contributed by atoms with Gasteiger partial charge in [0.2, 0.25) is 10.0 Å². The van der Waals surface area contributed by atoms with Crippen LogP contribution < -0.4 is 10.1 Å². The maximum Gasteiger partial charge on any atom is 0.338 e. The van der Waals surface area contributed by atoms with E-state index in [4.69, 9.17) is 9.47 Å². The molecule has 0 unspecified atom stereocenters. The fraction of sp³-hybridized carbons (Fsp3) is 0.333. The first kappa shape index (κ1) is 21.8. The van der Waals surface area contributed by atoms with Gasteiger partial charge >= 0.3 is 5.97 Å². The smallest absolute Gasteiger partial charge is 0.338 e. The fourth-order valence-corrected chi connectivity index (χ4v) is 4.62. The minimum atomic E-state index is -3.56. The first-order valence-corrected chi connectivity index (χ1v) is 11.1. The number of ether oxygens (including phenoxy) is 2. The molecule has 0 radical (unpaired) electrons. The highest BCUT2D eigenvalue weighted by atomic mass is 32.2. The Labute approximate surface area is 175 Å². The zero-order chi connectivity index (χ0) is 21.6. The maximum atomic E-state index is 12.6. The van der Waals surface area contributed by atoms with Crippen LogP contribution in [-0.2, 0) is 19.6 Å². The van der Waals surface area contributed by atoms with Crippen LogP contribution in [0.4, 0.5) is 5.69 Å². The largest absolute Gasteiger partial charge is 0.497 e. The van der Waals surface area contributed by atoms with Gasteiger partial charge in [-0.15, -0.1) is 0 Å². The normalized spacial score (nSPS) is 14.7. The molecule has 160 valence electrons. The van der Waals surface area contributed by atoms with Crippen molar-refractivity contribution in [3.63, 3.8) is 0 Å². The molecule has 1 aliphatic rings. The quantitative estimate of drug-likeness (QED) is 0.675. The molecule has 0 aromatic heterocycles. The molecule has 30 heavy (non-hydrogen) atoms. The van der Waals surface area contributed by atoms with E-state index in [1.165, 1.54) is 28.6 Å². The van der Waals surface area contributed by atoms with E-state index in [0.29, 0.717) is 24.5 Å². The lowest BCUT2D eigenvalue weighted by atomic mass is 10.2. The number of esters is 1. The van der Waals surface area contributed by atoms with Crippen LogP contribution in [0, 0.1) is 0 Å². The van der Waals surface area contributed by atoms with Crippen molar-refractivity contribution >= 4 is 27.6 Å². The number of rotatable bonds is 7. The summed E-state index contributed by atoms with van der Waals surface area (Å²) in [4.78, 5) is 24.3. The van der Waals surface area contributed by atoms with Gasteiger partial charge in [-0.2, -0.15) is 4.31 Å². The van der Waals surface area contributed by atoms with Crippen molar-refractivity contribution in [3.8, 4) is 5.75 Å². The Hall–Kier alpha value is -2.91. The summed E-state index contributed by atoms with van der Waals surface area (Å²) in [5, 5.41) is 2.61. The second kappa shape index (κ2) is 9.73. The number of hydrogen-bond donors (Lipinski definition) is 1. The molecule has 8 nitrogen and oxygen atoms in total. The Morgan fingerprint density at radius 2 is 1.60 bits per heavy atom. The van der Waals surface area contributed by atoms with E-state index >= 15 is 0 Å². The Morgan fingerprint density at radius 1 is 0.967 bits per heavy atom. The number of amides is 1. The lowest BCUT2D eigenvalue weighted by Crippen LogP contribution is -2.35. The number of benzene rings is 2. The molecule has 0 bridgehead atoms. The van der Waals surface area contributed by atoms with Gasteiger partial charge in [-0.05, 0) is 61.4 Å². The van der Waals surface area contributed by atoms with Gasteiger partial charge in [0.15, 0.2) is 6.61 Å². The number of hydrogen-bond acceptors (Lipinski definition) is 6. The molecule has 2 aromatic rings. The minimum Gasteiger partial charge on any atom is -0.497 e. The molecular formula is C21H24N2O6S. The van der Waals surface area contributed by atoms with Crippen LogP contribution in [0.25, 0.3) is 0 Å². The molecule has 0 saturated carbocycles. The molecule has 1 fully saturated rings. The molecule has 1 saturated heterocycles. The van der Waals surface area contributed by atoms with E-state index in [1.807, 2.05) is 0 Å². The molecule has 9 heteroatoms. The Morgan fingerprint density at radius 3 is 2.20 bits per heavy atom. The van der Waals surface area contributed by atoms with Crippen molar-refractivity contribution < 1.29 is 27.5 Å². The molecule has 3 rings (SSSR count). The highest BCUT2D eigenvalue weighted by molar-refractivity contribution is 7.89. The SMILES string of the molecule is COc1ccc(NC(=O)COC(=O)c2ccc(S(=O)(=O)N3CCCCC3)cc2)cc1. The zero-order valence-corrected chi connectivity index (χ0v) is 17.5. The second-order valence-corrected chi connectivity index (χ2v) is 8.78. The van der Waals surface area contributed by atoms with Crippen molar-refractivity contribution in [1.82, 2.24) is 4.31 Å². The summed E-state index contributed by atoms with van der Waals surface area (Å²) in [6.45, 7) is 0.559. The number of nitrogens with one attached hydrogen (secondary N) is 1. The summed E-state index contributed by atoms with van der Waals surface area (Å²) in [7, 11) is -2.02. The third-order valence-electron chi connectivity index (χ3n) is 4.75. The van der Waals surface area contributed by atoms with E-state index in [2.05, 4.69) is 5.32 Å². The first-order valence-electron chi connectivity index (χ1n) is 9.61. The van der Waals surface area contributed by atoms with Crippen LogP contribution in [0.5, 0.6) is 5.75 Å². The minimum absolute atomic E-state index is 0.137. The summed E-state index contributed by atoms with van der Waals surface area (Å²) in [5.41, 5.74) is 0.717. The van der Waals surface area contributed by atoms with Gasteiger partial charge in [0, 0.05) is 18.8 Å². The molecule has 0 aliphatic carbocycles. The number of anilines is 1. The summed E-state index contributed by atoms with van der Waals surface area (Å²) >= 11 is 0. The number of carbonyl (C=O) groups is 2. The predicted octanol–water partition coefficient (Wildman–Crippen LogP) is 2.67. The van der Waals surface area contributed by atoms with Crippen LogP contribution in [-0.4, -0.2) is 51.4 Å². The molecule has 1 heterocycles. The van der Waals surface area contributed by atoms with Crippen LogP contribution in [0.3, 0.4) is 0 Å². The molecule has 2 aromatic carbocycles. The van der Waals surface area contributed by atoms with Gasteiger partial charge in [-0.3, -0.25) is 4.79 Å². The van der Waals surface area contributed by atoms with Crippen LogP contribution in [0.2, 0.25) is 0 Å². The van der Waals surface area contributed by atoms with Gasteiger partial charge < -0.3 is 14.8 Å². The third kappa shape index (κ3) is 5.37. The van der Waals surface area contributed by atoms with Crippen molar-refractivity contribution in [1.29, 1.82) is 0 Å². The highest BCUT2D eigenvalue weighted by Crippen LogP contribution is 2.21. The monoisotopic (exact) mass is 432 g/mol. The highest BCUT2D eigenvalue weighted by Gasteiger charge is 2.26. The summed E-state index contributed by atoms with van der Waals surface area (Å²) < 4.78 is 36.8.